The fraction of sp³-hybridized carbons (Fsp3) is 0.500. The molecule has 2 aromatic rings. The molecule has 0 radical (unpaired) electrons. The van der Waals surface area contributed by atoms with Gasteiger partial charge in [0.2, 0.25) is 0 Å². The predicted octanol–water partition coefficient (Wildman–Crippen LogP) is 4.67. The van der Waals surface area contributed by atoms with Crippen molar-refractivity contribution in [3.8, 4) is 5.75 Å². The van der Waals surface area contributed by atoms with E-state index in [1.807, 2.05) is 12.1 Å². The number of benzene rings is 1. The second-order valence-corrected chi connectivity index (χ2v) is 8.89. The Kier molecular flexibility index (Phi) is 6.54. The third kappa shape index (κ3) is 4.86. The molecule has 1 aromatic carbocycles. The first kappa shape index (κ1) is 21.9. The number of ether oxygens (including phenoxy) is 1. The molecule has 0 fully saturated rings. The highest BCUT2D eigenvalue weighted by atomic mass is 16.5. The smallest absolute Gasteiger partial charge is 0.286 e. The molecule has 3 rings (SSSR count). The van der Waals surface area contributed by atoms with E-state index in [9.17, 15) is 9.59 Å². The summed E-state index contributed by atoms with van der Waals surface area (Å²) in [6.07, 6.45) is 1.89. The lowest BCUT2D eigenvalue weighted by Crippen LogP contribution is -2.38. The van der Waals surface area contributed by atoms with E-state index in [0.29, 0.717) is 24.0 Å². The molecule has 0 bridgehead atoms. The number of anilines is 1. The lowest BCUT2D eigenvalue weighted by Gasteiger charge is -2.31. The Morgan fingerprint density at radius 2 is 2.00 bits per heavy atom. The molecule has 2 amide bonds. The number of furan rings is 1. The molecule has 0 unspecified atom stereocenters. The monoisotopic (exact) mass is 412 g/mol. The molecule has 1 aliphatic heterocycles. The number of nitrogens with zero attached hydrogens (tertiary/aromatic N) is 1. The minimum absolute atomic E-state index is 0.00682. The van der Waals surface area contributed by atoms with Crippen LogP contribution in [0.15, 0.2) is 34.7 Å². The van der Waals surface area contributed by atoms with Gasteiger partial charge < -0.3 is 14.5 Å². The zero-order valence-electron chi connectivity index (χ0n) is 18.6. The van der Waals surface area contributed by atoms with Gasteiger partial charge in [0, 0.05) is 6.54 Å². The van der Waals surface area contributed by atoms with Gasteiger partial charge in [-0.15, -0.1) is 0 Å². The van der Waals surface area contributed by atoms with E-state index < -0.39 is 0 Å². The average molecular weight is 413 g/mol. The van der Waals surface area contributed by atoms with Crippen LogP contribution < -0.4 is 15.0 Å². The molecule has 0 aliphatic carbocycles. The van der Waals surface area contributed by atoms with Gasteiger partial charge in [0.1, 0.15) is 11.5 Å². The third-order valence-corrected chi connectivity index (χ3v) is 5.77. The SMILES string of the molecule is CCC(C)(C)c1ccc2c(c1)N(Cc1ccc(C(=O)NCCC(C)C)o1)C(=O)CO2. The van der Waals surface area contributed by atoms with E-state index >= 15 is 0 Å². The Labute approximate surface area is 178 Å². The van der Waals surface area contributed by atoms with Crippen molar-refractivity contribution in [1.29, 1.82) is 0 Å². The van der Waals surface area contributed by atoms with E-state index in [1.54, 1.807) is 17.0 Å². The molecule has 1 N–H and O–H groups in total. The highest BCUT2D eigenvalue weighted by Gasteiger charge is 2.29. The Morgan fingerprint density at radius 3 is 2.70 bits per heavy atom. The number of carbonyl (C=O) groups is 2. The molecule has 162 valence electrons. The highest BCUT2D eigenvalue weighted by Crippen LogP contribution is 2.38. The van der Waals surface area contributed by atoms with E-state index in [0.717, 1.165) is 24.1 Å². The number of carbonyl (C=O) groups excluding carboxylic acids is 2. The summed E-state index contributed by atoms with van der Waals surface area (Å²) in [4.78, 5) is 26.6. The molecule has 1 aliphatic rings. The van der Waals surface area contributed by atoms with Gasteiger partial charge in [-0.25, -0.2) is 0 Å². The van der Waals surface area contributed by atoms with E-state index in [2.05, 4.69) is 46.0 Å². The fourth-order valence-electron chi connectivity index (χ4n) is 3.30. The Hall–Kier alpha value is -2.76. The van der Waals surface area contributed by atoms with Gasteiger partial charge >= 0.3 is 0 Å². The Morgan fingerprint density at radius 1 is 1.23 bits per heavy atom. The highest BCUT2D eigenvalue weighted by molar-refractivity contribution is 5.98. The van der Waals surface area contributed by atoms with Crippen molar-refractivity contribution in [2.24, 2.45) is 5.92 Å². The Bertz CT molecular complexity index is 914. The van der Waals surface area contributed by atoms with Crippen LogP contribution in [0.2, 0.25) is 0 Å². The predicted molar refractivity (Wildman–Crippen MR) is 117 cm³/mol. The van der Waals surface area contributed by atoms with Crippen LogP contribution >= 0.6 is 0 Å². The van der Waals surface area contributed by atoms with Crippen LogP contribution in [-0.4, -0.2) is 25.0 Å². The summed E-state index contributed by atoms with van der Waals surface area (Å²) in [6, 6.07) is 9.42. The van der Waals surface area contributed by atoms with Crippen LogP contribution in [0.25, 0.3) is 0 Å². The van der Waals surface area contributed by atoms with E-state index in [1.165, 1.54) is 0 Å². The number of hydrogen-bond acceptors (Lipinski definition) is 4. The van der Waals surface area contributed by atoms with Crippen molar-refractivity contribution in [1.82, 2.24) is 5.32 Å². The van der Waals surface area contributed by atoms with Gasteiger partial charge in [0.25, 0.3) is 11.8 Å². The maximum atomic E-state index is 12.6. The summed E-state index contributed by atoms with van der Waals surface area (Å²) in [5.74, 6) is 1.66. The summed E-state index contributed by atoms with van der Waals surface area (Å²) >= 11 is 0. The van der Waals surface area contributed by atoms with Gasteiger partial charge in [-0.2, -0.15) is 0 Å². The molecule has 0 atom stereocenters. The van der Waals surface area contributed by atoms with Gasteiger partial charge in [-0.3, -0.25) is 14.5 Å². The minimum atomic E-state index is -0.234. The zero-order chi connectivity index (χ0) is 21.9. The normalized spacial score (nSPS) is 13.9. The molecule has 6 nitrogen and oxygen atoms in total. The summed E-state index contributed by atoms with van der Waals surface area (Å²) < 4.78 is 11.4. The lowest BCUT2D eigenvalue weighted by atomic mass is 9.82. The number of hydrogen-bond donors (Lipinski definition) is 1. The van der Waals surface area contributed by atoms with Crippen LogP contribution in [-0.2, 0) is 16.8 Å². The van der Waals surface area contributed by atoms with E-state index in [4.69, 9.17) is 9.15 Å². The first-order valence-corrected chi connectivity index (χ1v) is 10.7. The van der Waals surface area contributed by atoms with Crippen molar-refractivity contribution < 1.29 is 18.7 Å². The second kappa shape index (κ2) is 8.94. The summed E-state index contributed by atoms with van der Waals surface area (Å²) in [7, 11) is 0. The van der Waals surface area contributed by atoms with Crippen molar-refractivity contribution in [2.75, 3.05) is 18.1 Å². The first-order valence-electron chi connectivity index (χ1n) is 10.7. The van der Waals surface area contributed by atoms with Gasteiger partial charge in [0.05, 0.1) is 12.2 Å². The summed E-state index contributed by atoms with van der Waals surface area (Å²) in [6.45, 7) is 11.6. The molecule has 6 heteroatoms. The lowest BCUT2D eigenvalue weighted by molar-refractivity contribution is -0.121. The molecule has 0 saturated carbocycles. The summed E-state index contributed by atoms with van der Waals surface area (Å²) in [5, 5.41) is 2.87. The fourth-order valence-corrected chi connectivity index (χ4v) is 3.30. The number of fused-ring (bicyclic) bond motifs is 1. The summed E-state index contributed by atoms with van der Waals surface area (Å²) in [5.41, 5.74) is 1.88. The van der Waals surface area contributed by atoms with Crippen molar-refractivity contribution in [3.05, 3.63) is 47.4 Å². The van der Waals surface area contributed by atoms with Crippen molar-refractivity contribution >= 4 is 17.5 Å². The van der Waals surface area contributed by atoms with Crippen molar-refractivity contribution in [3.63, 3.8) is 0 Å². The molecule has 1 aromatic heterocycles. The van der Waals surface area contributed by atoms with Crippen LogP contribution in [0.3, 0.4) is 0 Å². The number of nitrogens with one attached hydrogen (secondary N) is 1. The maximum absolute atomic E-state index is 12.6. The van der Waals surface area contributed by atoms with Crippen LogP contribution in [0.1, 0.15) is 69.3 Å². The third-order valence-electron chi connectivity index (χ3n) is 5.77. The van der Waals surface area contributed by atoms with Crippen molar-refractivity contribution in [2.45, 2.75) is 59.4 Å². The average Bonchev–Trinajstić information content (AvgIpc) is 3.18. The number of amides is 2. The maximum Gasteiger partial charge on any atom is 0.286 e. The molecule has 2 heterocycles. The topological polar surface area (TPSA) is 71.8 Å². The molecule has 0 spiro atoms. The van der Waals surface area contributed by atoms with Crippen LogP contribution in [0.4, 0.5) is 5.69 Å². The first-order chi connectivity index (χ1) is 14.2. The molecular weight excluding hydrogens is 380 g/mol. The van der Waals surface area contributed by atoms with E-state index in [-0.39, 0.29) is 36.1 Å². The van der Waals surface area contributed by atoms with Gasteiger partial charge in [0.15, 0.2) is 12.4 Å². The molecule has 30 heavy (non-hydrogen) atoms. The standard InChI is InChI=1S/C24H32N2O4/c1-6-24(4,5)17-7-9-20-19(13-17)26(22(27)15-29-20)14-18-8-10-21(30-18)23(28)25-12-11-16(2)3/h7-10,13,16H,6,11-12,14-15H2,1-5H3,(H,25,28). The van der Waals surface area contributed by atoms with Gasteiger partial charge in [-0.1, -0.05) is 40.7 Å². The van der Waals surface area contributed by atoms with Gasteiger partial charge in [-0.05, 0) is 54.0 Å². The quantitative estimate of drug-likeness (QED) is 0.684. The number of rotatable bonds is 8. The molecular formula is C24H32N2O4. The Balaban J connectivity index is 1.78. The zero-order valence-corrected chi connectivity index (χ0v) is 18.6. The minimum Gasteiger partial charge on any atom is -0.482 e. The van der Waals surface area contributed by atoms with Crippen LogP contribution in [0, 0.1) is 5.92 Å². The second-order valence-electron chi connectivity index (χ2n) is 8.89. The largest absolute Gasteiger partial charge is 0.482 e. The molecule has 0 saturated heterocycles. The van der Waals surface area contributed by atoms with Crippen LogP contribution in [0.5, 0.6) is 5.75 Å².